The lowest BCUT2D eigenvalue weighted by Gasteiger charge is -2.09. The molecule has 0 amide bonds. The summed E-state index contributed by atoms with van der Waals surface area (Å²) in [5.74, 6) is 0. The van der Waals surface area contributed by atoms with Gasteiger partial charge in [-0.2, -0.15) is 5.10 Å². The molecule has 72 valence electrons. The van der Waals surface area contributed by atoms with Crippen LogP contribution in [0.25, 0.3) is 0 Å². The molecule has 1 aromatic rings. The van der Waals surface area contributed by atoms with E-state index in [1.165, 1.54) is 20.2 Å². The van der Waals surface area contributed by atoms with Crippen molar-refractivity contribution >= 4 is 10.0 Å². The van der Waals surface area contributed by atoms with Gasteiger partial charge in [0.15, 0.2) is 5.03 Å². The summed E-state index contributed by atoms with van der Waals surface area (Å²) in [5, 5.41) is 7.24. The molecule has 6 heteroatoms. The van der Waals surface area contributed by atoms with Crippen LogP contribution in [0.1, 0.15) is 5.69 Å². The number of hydrogen-bond acceptors (Lipinski definition) is 4. The van der Waals surface area contributed by atoms with Crippen molar-refractivity contribution in [3.63, 3.8) is 0 Å². The quantitative estimate of drug-likeness (QED) is 0.677. The van der Waals surface area contributed by atoms with E-state index in [0.717, 1.165) is 4.31 Å². The largest absolute Gasteiger partial charge is 0.261 e. The molecule has 1 aromatic heterocycles. The van der Waals surface area contributed by atoms with Crippen molar-refractivity contribution in [2.75, 3.05) is 14.1 Å². The van der Waals surface area contributed by atoms with Crippen LogP contribution in [0, 0.1) is 6.92 Å². The number of nitrogens with zero attached hydrogens (tertiary/aromatic N) is 3. The molecule has 1 rings (SSSR count). The molecule has 0 aliphatic rings. The summed E-state index contributed by atoms with van der Waals surface area (Å²) in [6.45, 7) is 1.75. The summed E-state index contributed by atoms with van der Waals surface area (Å²) >= 11 is 0. The molecule has 13 heavy (non-hydrogen) atoms. The van der Waals surface area contributed by atoms with E-state index in [1.807, 2.05) is 0 Å². The fourth-order valence-corrected chi connectivity index (χ4v) is 1.47. The molecule has 0 saturated heterocycles. The minimum absolute atomic E-state index is 0.0249. The van der Waals surface area contributed by atoms with E-state index < -0.39 is 10.0 Å². The molecule has 0 radical (unpaired) electrons. The molecule has 0 unspecified atom stereocenters. The third-order valence-corrected chi connectivity index (χ3v) is 3.23. The van der Waals surface area contributed by atoms with E-state index >= 15 is 0 Å². The molecule has 0 bridgehead atoms. The van der Waals surface area contributed by atoms with Gasteiger partial charge in [-0.05, 0) is 19.1 Å². The highest BCUT2D eigenvalue weighted by Gasteiger charge is 2.18. The number of rotatable bonds is 2. The monoisotopic (exact) mass is 201 g/mol. The summed E-state index contributed by atoms with van der Waals surface area (Å²) in [5.41, 5.74) is 0.692. The Morgan fingerprint density at radius 2 is 1.85 bits per heavy atom. The molecule has 1 heterocycles. The lowest BCUT2D eigenvalue weighted by molar-refractivity contribution is 0.515. The first-order valence-electron chi connectivity index (χ1n) is 3.67. The van der Waals surface area contributed by atoms with Gasteiger partial charge >= 0.3 is 0 Å². The molecular formula is C7H11N3O2S. The second kappa shape index (κ2) is 3.39. The van der Waals surface area contributed by atoms with Crippen molar-refractivity contribution in [3.8, 4) is 0 Å². The second-order valence-corrected chi connectivity index (χ2v) is 4.90. The van der Waals surface area contributed by atoms with E-state index in [4.69, 9.17) is 0 Å². The van der Waals surface area contributed by atoms with Gasteiger partial charge in [0.2, 0.25) is 0 Å². The molecule has 0 atom stereocenters. The van der Waals surface area contributed by atoms with Gasteiger partial charge in [0.1, 0.15) is 0 Å². The standard InChI is InChI=1S/C7H11N3O2S/c1-6-4-5-7(9-8-6)13(11,12)10(2)3/h4-5H,1-3H3. The number of sulfonamides is 1. The SMILES string of the molecule is Cc1ccc(S(=O)(=O)N(C)C)nn1. The number of aryl methyl sites for hydroxylation is 1. The fourth-order valence-electron chi connectivity index (χ4n) is 0.711. The molecule has 0 spiro atoms. The van der Waals surface area contributed by atoms with Crippen molar-refractivity contribution in [1.29, 1.82) is 0 Å². The van der Waals surface area contributed by atoms with Gasteiger partial charge in [-0.3, -0.25) is 0 Å². The van der Waals surface area contributed by atoms with Gasteiger partial charge in [0.25, 0.3) is 10.0 Å². The Labute approximate surface area is 77.5 Å². The maximum atomic E-state index is 11.5. The van der Waals surface area contributed by atoms with E-state index in [0.29, 0.717) is 5.69 Å². The third-order valence-electron chi connectivity index (χ3n) is 1.52. The summed E-state index contributed by atoms with van der Waals surface area (Å²) in [6.07, 6.45) is 0. The summed E-state index contributed by atoms with van der Waals surface area (Å²) in [7, 11) is -0.523. The first-order valence-corrected chi connectivity index (χ1v) is 5.11. The van der Waals surface area contributed by atoms with Gasteiger partial charge in [-0.15, -0.1) is 5.10 Å². The highest BCUT2D eigenvalue weighted by Crippen LogP contribution is 2.07. The highest BCUT2D eigenvalue weighted by atomic mass is 32.2. The highest BCUT2D eigenvalue weighted by molar-refractivity contribution is 7.89. The van der Waals surface area contributed by atoms with Crippen LogP contribution in [-0.2, 0) is 10.0 Å². The van der Waals surface area contributed by atoms with Crippen molar-refractivity contribution in [1.82, 2.24) is 14.5 Å². The molecule has 0 aliphatic heterocycles. The van der Waals surface area contributed by atoms with Crippen molar-refractivity contribution in [3.05, 3.63) is 17.8 Å². The Balaban J connectivity index is 3.17. The predicted octanol–water partition coefficient (Wildman–Crippen LogP) is 0.0353. The molecule has 0 aliphatic carbocycles. The van der Waals surface area contributed by atoms with Crippen molar-refractivity contribution < 1.29 is 8.42 Å². The second-order valence-electron chi connectivity index (χ2n) is 2.80. The van der Waals surface area contributed by atoms with Crippen molar-refractivity contribution in [2.24, 2.45) is 0 Å². The average Bonchev–Trinajstić information content (AvgIpc) is 2.04. The Morgan fingerprint density at radius 1 is 1.23 bits per heavy atom. The molecule has 0 saturated carbocycles. The molecule has 0 N–H and O–H groups in total. The van der Waals surface area contributed by atoms with Gasteiger partial charge < -0.3 is 0 Å². The van der Waals surface area contributed by atoms with Crippen LogP contribution >= 0.6 is 0 Å². The van der Waals surface area contributed by atoms with Crippen molar-refractivity contribution in [2.45, 2.75) is 11.9 Å². The Morgan fingerprint density at radius 3 is 2.23 bits per heavy atom. The Bertz CT molecular complexity index is 383. The van der Waals surface area contributed by atoms with Crippen LogP contribution in [0.5, 0.6) is 0 Å². The van der Waals surface area contributed by atoms with E-state index in [9.17, 15) is 8.42 Å². The minimum atomic E-state index is -3.43. The first kappa shape index (κ1) is 10.1. The van der Waals surface area contributed by atoms with Gasteiger partial charge in [0, 0.05) is 14.1 Å². The summed E-state index contributed by atoms with van der Waals surface area (Å²) in [6, 6.07) is 3.06. The Hall–Kier alpha value is -1.01. The lowest BCUT2D eigenvalue weighted by Crippen LogP contribution is -2.23. The van der Waals surface area contributed by atoms with Crippen LogP contribution in [0.3, 0.4) is 0 Å². The first-order chi connectivity index (χ1) is 5.94. The summed E-state index contributed by atoms with van der Waals surface area (Å²) < 4.78 is 24.0. The van der Waals surface area contributed by atoms with E-state index in [2.05, 4.69) is 10.2 Å². The molecule has 0 fully saturated rings. The minimum Gasteiger partial charge on any atom is -0.205 e. The maximum Gasteiger partial charge on any atom is 0.261 e. The normalized spacial score (nSPS) is 12.0. The molecule has 5 nitrogen and oxygen atoms in total. The smallest absolute Gasteiger partial charge is 0.205 e. The summed E-state index contributed by atoms with van der Waals surface area (Å²) in [4.78, 5) is 0. The average molecular weight is 201 g/mol. The zero-order chi connectivity index (χ0) is 10.1. The van der Waals surface area contributed by atoms with Crippen LogP contribution in [-0.4, -0.2) is 37.0 Å². The van der Waals surface area contributed by atoms with Crippen LogP contribution in [0.4, 0.5) is 0 Å². The van der Waals surface area contributed by atoms with Gasteiger partial charge in [-0.25, -0.2) is 12.7 Å². The third kappa shape index (κ3) is 2.02. The molecular weight excluding hydrogens is 190 g/mol. The van der Waals surface area contributed by atoms with E-state index in [-0.39, 0.29) is 5.03 Å². The van der Waals surface area contributed by atoms with E-state index in [1.54, 1.807) is 13.0 Å². The Kier molecular flexibility index (Phi) is 2.63. The van der Waals surface area contributed by atoms with Crippen LogP contribution in [0.2, 0.25) is 0 Å². The number of aromatic nitrogens is 2. The zero-order valence-electron chi connectivity index (χ0n) is 7.72. The fraction of sp³-hybridized carbons (Fsp3) is 0.429. The maximum absolute atomic E-state index is 11.5. The predicted molar refractivity (Wildman–Crippen MR) is 47.6 cm³/mol. The van der Waals surface area contributed by atoms with Crippen LogP contribution in [0.15, 0.2) is 17.2 Å². The van der Waals surface area contributed by atoms with Gasteiger partial charge in [-0.1, -0.05) is 0 Å². The van der Waals surface area contributed by atoms with Gasteiger partial charge in [0.05, 0.1) is 5.69 Å². The zero-order valence-corrected chi connectivity index (χ0v) is 8.54. The molecule has 0 aromatic carbocycles. The lowest BCUT2D eigenvalue weighted by atomic mass is 10.4. The topological polar surface area (TPSA) is 63.2 Å². The van der Waals surface area contributed by atoms with Crippen LogP contribution < -0.4 is 0 Å². The number of hydrogen-bond donors (Lipinski definition) is 0.